The largest absolute Gasteiger partial charge is 0.505 e. The standard InChI is InChI=1S/C16H19NO3S/c1-10-5-6-15(12(3)7-10)21(19,20)17-14-9-11(2)8-13(4)16(14)18/h5-9,17-18H,1-4H3. The van der Waals surface area contributed by atoms with Gasteiger partial charge in [0.05, 0.1) is 10.6 Å². The smallest absolute Gasteiger partial charge is 0.262 e. The van der Waals surface area contributed by atoms with Crippen molar-refractivity contribution in [2.45, 2.75) is 32.6 Å². The molecule has 112 valence electrons. The summed E-state index contributed by atoms with van der Waals surface area (Å²) in [5, 5.41) is 10.0. The minimum atomic E-state index is -3.73. The molecule has 0 fully saturated rings. The van der Waals surface area contributed by atoms with Gasteiger partial charge in [0.2, 0.25) is 0 Å². The number of aromatic hydroxyl groups is 1. The van der Waals surface area contributed by atoms with Crippen molar-refractivity contribution in [3.05, 3.63) is 52.6 Å². The van der Waals surface area contributed by atoms with E-state index in [-0.39, 0.29) is 16.3 Å². The molecule has 2 aromatic carbocycles. The molecule has 0 amide bonds. The lowest BCUT2D eigenvalue weighted by Gasteiger charge is -2.14. The number of aryl methyl sites for hydroxylation is 4. The maximum atomic E-state index is 12.5. The molecule has 0 aliphatic carbocycles. The van der Waals surface area contributed by atoms with E-state index in [0.717, 1.165) is 11.1 Å². The summed E-state index contributed by atoms with van der Waals surface area (Å²) >= 11 is 0. The molecule has 0 saturated heterocycles. The van der Waals surface area contributed by atoms with Crippen LogP contribution in [0.25, 0.3) is 0 Å². The Morgan fingerprint density at radius 3 is 2.14 bits per heavy atom. The summed E-state index contributed by atoms with van der Waals surface area (Å²) in [5.74, 6) is -0.0473. The van der Waals surface area contributed by atoms with E-state index in [9.17, 15) is 13.5 Å². The van der Waals surface area contributed by atoms with E-state index >= 15 is 0 Å². The molecule has 0 aliphatic heterocycles. The molecule has 21 heavy (non-hydrogen) atoms. The van der Waals surface area contributed by atoms with Gasteiger partial charge in [-0.25, -0.2) is 8.42 Å². The Balaban J connectivity index is 2.47. The molecule has 2 N–H and O–H groups in total. The second-order valence-electron chi connectivity index (χ2n) is 5.35. The summed E-state index contributed by atoms with van der Waals surface area (Å²) in [4.78, 5) is 0.214. The number of hydrogen-bond acceptors (Lipinski definition) is 3. The molecule has 0 aromatic heterocycles. The van der Waals surface area contributed by atoms with Crippen molar-refractivity contribution in [3.63, 3.8) is 0 Å². The van der Waals surface area contributed by atoms with Gasteiger partial charge in [-0.1, -0.05) is 23.8 Å². The maximum absolute atomic E-state index is 12.5. The first-order chi connectivity index (χ1) is 9.70. The van der Waals surface area contributed by atoms with Gasteiger partial charge in [-0.2, -0.15) is 0 Å². The zero-order valence-electron chi connectivity index (χ0n) is 12.6. The molecule has 0 spiro atoms. The number of nitrogens with one attached hydrogen (secondary N) is 1. The van der Waals surface area contributed by atoms with Gasteiger partial charge in [0, 0.05) is 0 Å². The average molecular weight is 305 g/mol. The molecule has 0 heterocycles. The summed E-state index contributed by atoms with van der Waals surface area (Å²) in [7, 11) is -3.73. The van der Waals surface area contributed by atoms with Crippen LogP contribution in [0.15, 0.2) is 35.2 Å². The first kappa shape index (κ1) is 15.4. The molecule has 0 aliphatic rings. The molecule has 0 saturated carbocycles. The van der Waals surface area contributed by atoms with Crippen LogP contribution in [0.1, 0.15) is 22.3 Å². The summed E-state index contributed by atoms with van der Waals surface area (Å²) in [6.45, 7) is 7.24. The minimum absolute atomic E-state index is 0.0473. The van der Waals surface area contributed by atoms with Crippen molar-refractivity contribution < 1.29 is 13.5 Å². The van der Waals surface area contributed by atoms with Gasteiger partial charge < -0.3 is 5.11 Å². The van der Waals surface area contributed by atoms with E-state index in [1.54, 1.807) is 38.1 Å². The third-order valence-electron chi connectivity index (χ3n) is 3.31. The van der Waals surface area contributed by atoms with Gasteiger partial charge in [0.1, 0.15) is 5.75 Å². The number of sulfonamides is 1. The summed E-state index contributed by atoms with van der Waals surface area (Å²) in [6, 6.07) is 8.55. The van der Waals surface area contributed by atoms with E-state index in [0.29, 0.717) is 11.1 Å². The van der Waals surface area contributed by atoms with Crippen LogP contribution in [0.3, 0.4) is 0 Å². The Morgan fingerprint density at radius 1 is 0.905 bits per heavy atom. The van der Waals surface area contributed by atoms with Crippen molar-refractivity contribution in [2.75, 3.05) is 4.72 Å². The predicted molar refractivity (Wildman–Crippen MR) is 84.3 cm³/mol. The van der Waals surface area contributed by atoms with Gasteiger partial charge in [-0.05, 0) is 56.5 Å². The number of phenolic OH excluding ortho intramolecular Hbond substituents is 1. The highest BCUT2D eigenvalue weighted by molar-refractivity contribution is 7.92. The Hall–Kier alpha value is -2.01. The van der Waals surface area contributed by atoms with Gasteiger partial charge in [0.25, 0.3) is 10.0 Å². The molecule has 0 unspecified atom stereocenters. The van der Waals surface area contributed by atoms with E-state index in [1.165, 1.54) is 0 Å². The van der Waals surface area contributed by atoms with Crippen molar-refractivity contribution in [3.8, 4) is 5.75 Å². The Kier molecular flexibility index (Phi) is 3.96. The highest BCUT2D eigenvalue weighted by atomic mass is 32.2. The van der Waals surface area contributed by atoms with Crippen molar-refractivity contribution in [1.82, 2.24) is 0 Å². The van der Waals surface area contributed by atoms with Gasteiger partial charge in [0.15, 0.2) is 0 Å². The minimum Gasteiger partial charge on any atom is -0.505 e. The monoisotopic (exact) mass is 305 g/mol. The molecule has 0 bridgehead atoms. The van der Waals surface area contributed by atoms with Gasteiger partial charge >= 0.3 is 0 Å². The van der Waals surface area contributed by atoms with Crippen LogP contribution >= 0.6 is 0 Å². The fourth-order valence-corrected chi connectivity index (χ4v) is 3.62. The quantitative estimate of drug-likeness (QED) is 0.854. The second-order valence-corrected chi connectivity index (χ2v) is 7.00. The van der Waals surface area contributed by atoms with E-state index < -0.39 is 10.0 Å². The van der Waals surface area contributed by atoms with Crippen LogP contribution in [0.2, 0.25) is 0 Å². The number of phenols is 1. The van der Waals surface area contributed by atoms with E-state index in [1.807, 2.05) is 19.9 Å². The van der Waals surface area contributed by atoms with Crippen LogP contribution in [0, 0.1) is 27.7 Å². The molecular formula is C16H19NO3S. The van der Waals surface area contributed by atoms with Gasteiger partial charge in [-0.15, -0.1) is 0 Å². The van der Waals surface area contributed by atoms with Crippen LogP contribution in [0.5, 0.6) is 5.75 Å². The lowest BCUT2D eigenvalue weighted by molar-refractivity contribution is 0.473. The van der Waals surface area contributed by atoms with Crippen LogP contribution < -0.4 is 4.72 Å². The average Bonchev–Trinajstić information content (AvgIpc) is 2.34. The number of benzene rings is 2. The number of hydrogen-bond donors (Lipinski definition) is 2. The Bertz CT molecular complexity index is 795. The molecule has 0 radical (unpaired) electrons. The highest BCUT2D eigenvalue weighted by Crippen LogP contribution is 2.31. The lowest BCUT2D eigenvalue weighted by atomic mass is 10.1. The second kappa shape index (κ2) is 5.41. The normalized spacial score (nSPS) is 11.4. The Morgan fingerprint density at radius 2 is 1.52 bits per heavy atom. The topological polar surface area (TPSA) is 66.4 Å². The molecular weight excluding hydrogens is 286 g/mol. The molecule has 2 aromatic rings. The zero-order valence-corrected chi connectivity index (χ0v) is 13.4. The van der Waals surface area contributed by atoms with Crippen LogP contribution in [-0.2, 0) is 10.0 Å². The SMILES string of the molecule is Cc1ccc(S(=O)(=O)Nc2cc(C)cc(C)c2O)c(C)c1. The predicted octanol–water partition coefficient (Wildman–Crippen LogP) is 3.43. The highest BCUT2D eigenvalue weighted by Gasteiger charge is 2.19. The Labute approximate surface area is 125 Å². The lowest BCUT2D eigenvalue weighted by Crippen LogP contribution is -2.14. The summed E-state index contributed by atoms with van der Waals surface area (Å²) in [6.07, 6.45) is 0. The fraction of sp³-hybridized carbons (Fsp3) is 0.250. The first-order valence-corrected chi connectivity index (χ1v) is 8.09. The van der Waals surface area contributed by atoms with Crippen molar-refractivity contribution in [2.24, 2.45) is 0 Å². The number of rotatable bonds is 3. The van der Waals surface area contributed by atoms with E-state index in [2.05, 4.69) is 4.72 Å². The van der Waals surface area contributed by atoms with Crippen molar-refractivity contribution >= 4 is 15.7 Å². The molecule has 0 atom stereocenters. The van der Waals surface area contributed by atoms with Crippen molar-refractivity contribution in [1.29, 1.82) is 0 Å². The third-order valence-corrected chi connectivity index (χ3v) is 4.83. The summed E-state index contributed by atoms with van der Waals surface area (Å²) in [5.41, 5.74) is 3.39. The molecule has 4 nitrogen and oxygen atoms in total. The molecule has 5 heteroatoms. The van der Waals surface area contributed by atoms with E-state index in [4.69, 9.17) is 0 Å². The number of anilines is 1. The first-order valence-electron chi connectivity index (χ1n) is 6.61. The fourth-order valence-electron chi connectivity index (χ4n) is 2.34. The van der Waals surface area contributed by atoms with Crippen LogP contribution in [-0.4, -0.2) is 13.5 Å². The third kappa shape index (κ3) is 3.19. The summed E-state index contributed by atoms with van der Waals surface area (Å²) < 4.78 is 27.4. The molecule has 2 rings (SSSR count). The zero-order chi connectivity index (χ0) is 15.8. The van der Waals surface area contributed by atoms with Gasteiger partial charge in [-0.3, -0.25) is 4.72 Å². The maximum Gasteiger partial charge on any atom is 0.262 e. The van der Waals surface area contributed by atoms with Crippen LogP contribution in [0.4, 0.5) is 5.69 Å².